The zero-order valence-electron chi connectivity index (χ0n) is 10.3. The first-order valence-corrected chi connectivity index (χ1v) is 6.90. The van der Waals surface area contributed by atoms with Gasteiger partial charge in [-0.3, -0.25) is 0 Å². The van der Waals surface area contributed by atoms with E-state index in [1.54, 1.807) is 11.3 Å². The third-order valence-electron chi connectivity index (χ3n) is 2.60. The van der Waals surface area contributed by atoms with Crippen molar-refractivity contribution in [2.75, 3.05) is 13.2 Å². The van der Waals surface area contributed by atoms with E-state index in [2.05, 4.69) is 4.98 Å². The van der Waals surface area contributed by atoms with E-state index < -0.39 is 0 Å². The summed E-state index contributed by atoms with van der Waals surface area (Å²) < 4.78 is 12.3. The van der Waals surface area contributed by atoms with E-state index in [9.17, 15) is 0 Å². The highest BCUT2D eigenvalue weighted by Crippen LogP contribution is 2.27. The molecule has 0 radical (unpaired) electrons. The number of rotatable bonds is 5. The number of benzene rings is 2. The van der Waals surface area contributed by atoms with Crippen LogP contribution < -0.4 is 9.47 Å². The summed E-state index contributed by atoms with van der Waals surface area (Å²) in [6, 6.07) is 17.7. The average Bonchev–Trinajstić information content (AvgIpc) is 2.87. The molecule has 0 amide bonds. The molecule has 3 nitrogen and oxygen atoms in total. The molecule has 0 saturated carbocycles. The van der Waals surface area contributed by atoms with Crippen molar-refractivity contribution in [1.82, 2.24) is 4.98 Å². The van der Waals surface area contributed by atoms with Crippen molar-refractivity contribution in [3.8, 4) is 10.9 Å². The van der Waals surface area contributed by atoms with Gasteiger partial charge in [0.2, 0.25) is 0 Å². The lowest BCUT2D eigenvalue weighted by molar-refractivity contribution is 0.217. The summed E-state index contributed by atoms with van der Waals surface area (Å²) in [5.41, 5.74) is 0.978. The molecule has 0 aliphatic rings. The maximum Gasteiger partial charge on any atom is 0.274 e. The van der Waals surface area contributed by atoms with Crippen molar-refractivity contribution in [3.05, 3.63) is 54.6 Å². The lowest BCUT2D eigenvalue weighted by Gasteiger charge is -2.05. The van der Waals surface area contributed by atoms with Crippen molar-refractivity contribution in [3.63, 3.8) is 0 Å². The fraction of sp³-hybridized carbons (Fsp3) is 0.133. The topological polar surface area (TPSA) is 31.4 Å². The van der Waals surface area contributed by atoms with Gasteiger partial charge in [-0.05, 0) is 24.3 Å². The van der Waals surface area contributed by atoms with Crippen LogP contribution in [0.3, 0.4) is 0 Å². The van der Waals surface area contributed by atoms with Crippen LogP contribution in [0, 0.1) is 0 Å². The predicted octanol–water partition coefficient (Wildman–Crippen LogP) is 3.75. The molecule has 0 unspecified atom stereocenters. The number of ether oxygens (including phenoxy) is 2. The Morgan fingerprint density at radius 3 is 2.42 bits per heavy atom. The van der Waals surface area contributed by atoms with Crippen molar-refractivity contribution < 1.29 is 9.47 Å². The highest BCUT2D eigenvalue weighted by Gasteiger charge is 2.03. The van der Waals surface area contributed by atoms with E-state index in [4.69, 9.17) is 9.47 Å². The van der Waals surface area contributed by atoms with Gasteiger partial charge in [0, 0.05) is 0 Å². The molecule has 0 bridgehead atoms. The van der Waals surface area contributed by atoms with Crippen molar-refractivity contribution in [2.24, 2.45) is 0 Å². The Balaban J connectivity index is 1.52. The first-order chi connectivity index (χ1) is 9.42. The fourth-order valence-electron chi connectivity index (χ4n) is 1.72. The standard InChI is InChI=1S/C15H13NO2S/c1-2-6-12(7-3-1)17-10-11-18-15-16-13-8-4-5-9-14(13)19-15/h1-9H,10-11H2. The molecule has 0 spiro atoms. The molecule has 96 valence electrons. The molecule has 3 aromatic rings. The van der Waals surface area contributed by atoms with Gasteiger partial charge in [-0.2, -0.15) is 0 Å². The fourth-order valence-corrected chi connectivity index (χ4v) is 2.56. The molecule has 1 aromatic heterocycles. The number of hydrogen-bond donors (Lipinski definition) is 0. The van der Waals surface area contributed by atoms with Crippen LogP contribution in [0.15, 0.2) is 54.6 Å². The summed E-state index contributed by atoms with van der Waals surface area (Å²) in [4.78, 5) is 4.40. The maximum absolute atomic E-state index is 5.60. The Morgan fingerprint density at radius 2 is 1.58 bits per heavy atom. The van der Waals surface area contributed by atoms with E-state index in [-0.39, 0.29) is 0 Å². The minimum absolute atomic E-state index is 0.495. The van der Waals surface area contributed by atoms with Gasteiger partial charge < -0.3 is 9.47 Å². The quantitative estimate of drug-likeness (QED) is 0.662. The average molecular weight is 271 g/mol. The first kappa shape index (κ1) is 12.0. The summed E-state index contributed by atoms with van der Waals surface area (Å²) in [5, 5.41) is 0.692. The molecular weight excluding hydrogens is 258 g/mol. The Morgan fingerprint density at radius 1 is 0.842 bits per heavy atom. The van der Waals surface area contributed by atoms with Crippen LogP contribution in [0.2, 0.25) is 0 Å². The molecular formula is C15H13NO2S. The molecule has 0 aliphatic carbocycles. The molecule has 3 rings (SSSR count). The predicted molar refractivity (Wildman–Crippen MR) is 77.1 cm³/mol. The lowest BCUT2D eigenvalue weighted by atomic mass is 10.3. The van der Waals surface area contributed by atoms with Gasteiger partial charge in [0.25, 0.3) is 5.19 Å². The van der Waals surface area contributed by atoms with E-state index in [0.717, 1.165) is 16.0 Å². The third-order valence-corrected chi connectivity index (χ3v) is 3.54. The minimum atomic E-state index is 0.495. The van der Waals surface area contributed by atoms with Crippen LogP contribution in [0.4, 0.5) is 0 Å². The first-order valence-electron chi connectivity index (χ1n) is 6.08. The van der Waals surface area contributed by atoms with E-state index in [0.29, 0.717) is 18.4 Å². The highest BCUT2D eigenvalue weighted by atomic mass is 32.1. The summed E-state index contributed by atoms with van der Waals surface area (Å²) in [6.45, 7) is 1.01. The Kier molecular flexibility index (Phi) is 3.61. The molecule has 19 heavy (non-hydrogen) atoms. The van der Waals surface area contributed by atoms with Crippen LogP contribution in [0.5, 0.6) is 10.9 Å². The summed E-state index contributed by atoms with van der Waals surface area (Å²) in [6.07, 6.45) is 0. The minimum Gasteiger partial charge on any atom is -0.490 e. The van der Waals surface area contributed by atoms with Crippen molar-refractivity contribution >= 4 is 21.6 Å². The molecule has 0 N–H and O–H groups in total. The van der Waals surface area contributed by atoms with Crippen molar-refractivity contribution in [1.29, 1.82) is 0 Å². The van der Waals surface area contributed by atoms with E-state index >= 15 is 0 Å². The summed E-state index contributed by atoms with van der Waals surface area (Å²) in [5.74, 6) is 0.857. The second-order valence-electron chi connectivity index (χ2n) is 3.96. The van der Waals surface area contributed by atoms with Crippen LogP contribution in [0.1, 0.15) is 0 Å². The van der Waals surface area contributed by atoms with Gasteiger partial charge in [-0.15, -0.1) is 0 Å². The number of aromatic nitrogens is 1. The van der Waals surface area contributed by atoms with Crippen molar-refractivity contribution in [2.45, 2.75) is 0 Å². The van der Waals surface area contributed by atoms with E-state index in [1.165, 1.54) is 0 Å². The SMILES string of the molecule is c1ccc(OCCOc2nc3ccccc3s2)cc1. The second kappa shape index (κ2) is 5.71. The lowest BCUT2D eigenvalue weighted by Crippen LogP contribution is -2.08. The van der Waals surface area contributed by atoms with Gasteiger partial charge in [0.15, 0.2) is 0 Å². The molecule has 0 atom stereocenters. The van der Waals surface area contributed by atoms with Gasteiger partial charge in [0.1, 0.15) is 19.0 Å². The Hall–Kier alpha value is -2.07. The van der Waals surface area contributed by atoms with E-state index in [1.807, 2.05) is 54.6 Å². The number of hydrogen-bond acceptors (Lipinski definition) is 4. The summed E-state index contributed by atoms with van der Waals surface area (Å²) in [7, 11) is 0. The largest absolute Gasteiger partial charge is 0.490 e. The maximum atomic E-state index is 5.60. The third kappa shape index (κ3) is 3.03. The normalized spacial score (nSPS) is 10.5. The van der Waals surface area contributed by atoms with Crippen LogP contribution in [0.25, 0.3) is 10.2 Å². The van der Waals surface area contributed by atoms with Gasteiger partial charge >= 0.3 is 0 Å². The number of fused-ring (bicyclic) bond motifs is 1. The number of nitrogens with zero attached hydrogens (tertiary/aromatic N) is 1. The highest BCUT2D eigenvalue weighted by molar-refractivity contribution is 7.20. The Labute approximate surface area is 115 Å². The smallest absolute Gasteiger partial charge is 0.274 e. The zero-order valence-corrected chi connectivity index (χ0v) is 11.1. The number of para-hydroxylation sites is 2. The van der Waals surface area contributed by atoms with Gasteiger partial charge in [0.05, 0.1) is 10.2 Å². The second-order valence-corrected chi connectivity index (χ2v) is 4.95. The molecule has 0 saturated heterocycles. The number of thiazole rings is 1. The Bertz CT molecular complexity index is 618. The van der Waals surface area contributed by atoms with Gasteiger partial charge in [-0.1, -0.05) is 41.7 Å². The zero-order chi connectivity index (χ0) is 12.9. The summed E-state index contributed by atoms with van der Waals surface area (Å²) >= 11 is 1.55. The van der Waals surface area contributed by atoms with Crippen LogP contribution in [-0.4, -0.2) is 18.2 Å². The molecule has 0 aliphatic heterocycles. The molecule has 4 heteroatoms. The van der Waals surface area contributed by atoms with Crippen LogP contribution >= 0.6 is 11.3 Å². The van der Waals surface area contributed by atoms with Crippen LogP contribution in [-0.2, 0) is 0 Å². The monoisotopic (exact) mass is 271 g/mol. The van der Waals surface area contributed by atoms with Gasteiger partial charge in [-0.25, -0.2) is 4.98 Å². The molecule has 1 heterocycles. The molecule has 0 fully saturated rings. The molecule has 2 aromatic carbocycles.